The number of hydrogen-bond donors (Lipinski definition) is 1. The Morgan fingerprint density at radius 3 is 2.65 bits per heavy atom. The van der Waals surface area contributed by atoms with Gasteiger partial charge in [0.25, 0.3) is 0 Å². The summed E-state index contributed by atoms with van der Waals surface area (Å²) in [7, 11) is 0. The third-order valence-electron chi connectivity index (χ3n) is 3.35. The Labute approximate surface area is 140 Å². The standard InChI is InChI=1S/C21H27NO/c1-5-7-8-9-14-21(17(3)11-6-2)19-12-10-13-20(16-15-19)22-18(4)23/h6-11,13-16H,5,12H2,1-4H3,(H,22,23)/b8-7+,11-6-,14-9+,21-17-. The molecule has 0 heterocycles. The van der Waals surface area contributed by atoms with Crippen LogP contribution in [-0.4, -0.2) is 5.91 Å². The molecule has 23 heavy (non-hydrogen) atoms. The molecule has 0 aromatic rings. The second kappa shape index (κ2) is 10.4. The molecule has 1 amide bonds. The number of hydrogen-bond acceptors (Lipinski definition) is 1. The van der Waals surface area contributed by atoms with Gasteiger partial charge in [-0.2, -0.15) is 0 Å². The van der Waals surface area contributed by atoms with Crippen molar-refractivity contribution in [2.45, 2.75) is 40.5 Å². The van der Waals surface area contributed by atoms with Crippen LogP contribution in [0.2, 0.25) is 0 Å². The summed E-state index contributed by atoms with van der Waals surface area (Å²) < 4.78 is 0. The second-order valence-corrected chi connectivity index (χ2v) is 5.39. The van der Waals surface area contributed by atoms with Gasteiger partial charge < -0.3 is 5.32 Å². The highest BCUT2D eigenvalue weighted by Gasteiger charge is 2.06. The first-order valence-electron chi connectivity index (χ1n) is 8.10. The molecule has 1 rings (SSSR count). The highest BCUT2D eigenvalue weighted by molar-refractivity contribution is 5.75. The molecule has 1 aliphatic rings. The van der Waals surface area contributed by atoms with Gasteiger partial charge in [-0.25, -0.2) is 0 Å². The van der Waals surface area contributed by atoms with Gasteiger partial charge in [0.05, 0.1) is 0 Å². The average molecular weight is 309 g/mol. The summed E-state index contributed by atoms with van der Waals surface area (Å²) in [5.41, 5.74) is 4.50. The van der Waals surface area contributed by atoms with Crippen molar-refractivity contribution in [1.82, 2.24) is 5.32 Å². The van der Waals surface area contributed by atoms with Crippen LogP contribution < -0.4 is 5.32 Å². The minimum absolute atomic E-state index is 0.0526. The summed E-state index contributed by atoms with van der Waals surface area (Å²) in [6.45, 7) is 7.79. The smallest absolute Gasteiger partial charge is 0.221 e. The molecule has 2 nitrogen and oxygen atoms in total. The van der Waals surface area contributed by atoms with Gasteiger partial charge in [0.15, 0.2) is 0 Å². The largest absolute Gasteiger partial charge is 0.326 e. The molecule has 0 radical (unpaired) electrons. The van der Waals surface area contributed by atoms with Crippen molar-refractivity contribution < 1.29 is 4.79 Å². The van der Waals surface area contributed by atoms with Gasteiger partial charge >= 0.3 is 0 Å². The number of amides is 1. The molecule has 0 atom stereocenters. The Morgan fingerprint density at radius 1 is 1.22 bits per heavy atom. The summed E-state index contributed by atoms with van der Waals surface area (Å²) >= 11 is 0. The highest BCUT2D eigenvalue weighted by Crippen LogP contribution is 2.23. The van der Waals surface area contributed by atoms with Crippen LogP contribution in [0.3, 0.4) is 0 Å². The van der Waals surface area contributed by atoms with E-state index in [0.29, 0.717) is 0 Å². The molecule has 0 saturated heterocycles. The number of carbonyl (C=O) groups is 1. The van der Waals surface area contributed by atoms with Crippen molar-refractivity contribution in [1.29, 1.82) is 0 Å². The molecule has 0 aromatic heterocycles. The SMILES string of the molecule is C\C=C/C(C)=C(/C=C/C=C/CC)C1=CC=C(NC(C)=O)C=CC1. The Bertz CT molecular complexity index is 622. The monoisotopic (exact) mass is 309 g/mol. The third kappa shape index (κ3) is 6.96. The molecule has 0 bridgehead atoms. The van der Waals surface area contributed by atoms with Crippen LogP contribution in [-0.2, 0) is 4.79 Å². The number of carbonyl (C=O) groups excluding carboxylic acids is 1. The van der Waals surface area contributed by atoms with E-state index in [0.717, 1.165) is 18.5 Å². The molecule has 0 saturated carbocycles. The third-order valence-corrected chi connectivity index (χ3v) is 3.35. The van der Waals surface area contributed by atoms with Gasteiger partial charge in [-0.1, -0.05) is 55.5 Å². The Hall–Kier alpha value is -2.35. The Balaban J connectivity index is 3.14. The molecule has 2 heteroatoms. The summed E-state index contributed by atoms with van der Waals surface area (Å²) in [4.78, 5) is 11.2. The van der Waals surface area contributed by atoms with Crippen molar-refractivity contribution in [3.8, 4) is 0 Å². The van der Waals surface area contributed by atoms with Crippen molar-refractivity contribution in [2.75, 3.05) is 0 Å². The van der Waals surface area contributed by atoms with Crippen molar-refractivity contribution in [3.63, 3.8) is 0 Å². The first kappa shape index (κ1) is 18.7. The Kier molecular flexibility index (Phi) is 8.45. The van der Waals surface area contributed by atoms with Crippen molar-refractivity contribution >= 4 is 5.91 Å². The molecular formula is C21H27NO. The number of allylic oxidation sites excluding steroid dienone is 13. The molecular weight excluding hydrogens is 282 g/mol. The van der Waals surface area contributed by atoms with Crippen LogP contribution in [0.25, 0.3) is 0 Å². The first-order chi connectivity index (χ1) is 11.1. The first-order valence-corrected chi connectivity index (χ1v) is 8.10. The van der Waals surface area contributed by atoms with Crippen molar-refractivity contribution in [2.24, 2.45) is 0 Å². The highest BCUT2D eigenvalue weighted by atomic mass is 16.1. The predicted molar refractivity (Wildman–Crippen MR) is 99.8 cm³/mol. The van der Waals surface area contributed by atoms with Gasteiger partial charge in [0.2, 0.25) is 5.91 Å². The maximum Gasteiger partial charge on any atom is 0.221 e. The fraction of sp³-hybridized carbons (Fsp3) is 0.286. The minimum atomic E-state index is -0.0526. The Morgan fingerprint density at radius 2 is 2.00 bits per heavy atom. The van der Waals surface area contributed by atoms with Gasteiger partial charge in [0.1, 0.15) is 0 Å². The average Bonchev–Trinajstić information content (AvgIpc) is 2.72. The molecule has 0 spiro atoms. The van der Waals surface area contributed by atoms with E-state index >= 15 is 0 Å². The second-order valence-electron chi connectivity index (χ2n) is 5.39. The zero-order valence-corrected chi connectivity index (χ0v) is 14.6. The van der Waals surface area contributed by atoms with E-state index < -0.39 is 0 Å². The van der Waals surface area contributed by atoms with Crippen LogP contribution in [0.4, 0.5) is 0 Å². The molecule has 0 fully saturated rings. The molecule has 122 valence electrons. The van der Waals surface area contributed by atoms with Crippen molar-refractivity contribution in [3.05, 3.63) is 83.2 Å². The normalized spacial score (nSPS) is 16.5. The minimum Gasteiger partial charge on any atom is -0.326 e. The quantitative estimate of drug-likeness (QED) is 0.662. The van der Waals surface area contributed by atoms with E-state index in [9.17, 15) is 4.79 Å². The van der Waals surface area contributed by atoms with E-state index in [1.165, 1.54) is 23.6 Å². The lowest BCUT2D eigenvalue weighted by molar-refractivity contribution is -0.118. The fourth-order valence-corrected chi connectivity index (χ4v) is 2.31. The van der Waals surface area contributed by atoms with E-state index in [4.69, 9.17) is 0 Å². The maximum atomic E-state index is 11.2. The van der Waals surface area contributed by atoms with Crippen LogP contribution >= 0.6 is 0 Å². The van der Waals surface area contributed by atoms with E-state index in [2.05, 4.69) is 67.8 Å². The molecule has 0 aliphatic heterocycles. The lowest BCUT2D eigenvalue weighted by Crippen LogP contribution is -2.17. The summed E-state index contributed by atoms with van der Waals surface area (Å²) in [6.07, 6.45) is 22.6. The maximum absolute atomic E-state index is 11.2. The van der Waals surface area contributed by atoms with Crippen LogP contribution in [0.1, 0.15) is 40.5 Å². The molecule has 0 aromatic carbocycles. The van der Waals surface area contributed by atoms with Crippen LogP contribution in [0.5, 0.6) is 0 Å². The lowest BCUT2D eigenvalue weighted by Gasteiger charge is -2.08. The lowest BCUT2D eigenvalue weighted by atomic mass is 9.97. The summed E-state index contributed by atoms with van der Waals surface area (Å²) in [6, 6.07) is 0. The van der Waals surface area contributed by atoms with E-state index in [1.54, 1.807) is 0 Å². The fourth-order valence-electron chi connectivity index (χ4n) is 2.31. The van der Waals surface area contributed by atoms with E-state index in [1.807, 2.05) is 19.1 Å². The van der Waals surface area contributed by atoms with Gasteiger partial charge in [-0.15, -0.1) is 0 Å². The van der Waals surface area contributed by atoms with Gasteiger partial charge in [-0.05, 0) is 55.6 Å². The molecule has 1 N–H and O–H groups in total. The number of nitrogens with one attached hydrogen (secondary N) is 1. The molecule has 1 aliphatic carbocycles. The number of rotatable bonds is 6. The van der Waals surface area contributed by atoms with E-state index in [-0.39, 0.29) is 5.91 Å². The van der Waals surface area contributed by atoms with Crippen LogP contribution in [0.15, 0.2) is 83.2 Å². The topological polar surface area (TPSA) is 29.1 Å². The van der Waals surface area contributed by atoms with Crippen LogP contribution in [0, 0.1) is 0 Å². The van der Waals surface area contributed by atoms with Gasteiger partial charge in [-0.3, -0.25) is 4.79 Å². The van der Waals surface area contributed by atoms with Gasteiger partial charge in [0, 0.05) is 12.6 Å². The zero-order chi connectivity index (χ0) is 17.1. The predicted octanol–water partition coefficient (Wildman–Crippen LogP) is 5.31. The zero-order valence-electron chi connectivity index (χ0n) is 14.6. The molecule has 0 unspecified atom stereocenters. The summed E-state index contributed by atoms with van der Waals surface area (Å²) in [5.74, 6) is -0.0526. The summed E-state index contributed by atoms with van der Waals surface area (Å²) in [5, 5.41) is 2.83.